The summed E-state index contributed by atoms with van der Waals surface area (Å²) in [5.74, 6) is -1.45. The highest BCUT2D eigenvalue weighted by Gasteiger charge is 2.36. The SMILES string of the molecule is CC(C)[C@H](C(=O)NC1CCCCC1)N(C[C@H]1CCCO1)C(=O)CNS(=O)(=O)c1ccc(F)cc1. The van der Waals surface area contributed by atoms with Crippen LogP contribution >= 0.6 is 0 Å². The van der Waals surface area contributed by atoms with Crippen molar-refractivity contribution in [2.45, 2.75) is 81.9 Å². The van der Waals surface area contributed by atoms with Crippen molar-refractivity contribution in [1.82, 2.24) is 14.9 Å². The molecule has 1 saturated carbocycles. The summed E-state index contributed by atoms with van der Waals surface area (Å²) in [6, 6.07) is 3.73. The lowest BCUT2D eigenvalue weighted by molar-refractivity contribution is -0.143. The quantitative estimate of drug-likeness (QED) is 0.517. The van der Waals surface area contributed by atoms with Crippen molar-refractivity contribution in [1.29, 1.82) is 0 Å². The first-order valence-electron chi connectivity index (χ1n) is 12.1. The minimum atomic E-state index is -4.02. The molecular weight excluding hydrogens is 461 g/mol. The van der Waals surface area contributed by atoms with Gasteiger partial charge in [-0.3, -0.25) is 9.59 Å². The van der Waals surface area contributed by atoms with Gasteiger partial charge in [0.1, 0.15) is 11.9 Å². The molecule has 34 heavy (non-hydrogen) atoms. The molecule has 1 aromatic rings. The van der Waals surface area contributed by atoms with E-state index >= 15 is 0 Å². The highest BCUT2D eigenvalue weighted by molar-refractivity contribution is 7.89. The maximum atomic E-state index is 13.3. The second kappa shape index (κ2) is 12.1. The van der Waals surface area contributed by atoms with E-state index in [2.05, 4.69) is 10.0 Å². The fourth-order valence-electron chi connectivity index (χ4n) is 4.67. The van der Waals surface area contributed by atoms with Gasteiger partial charge < -0.3 is 15.0 Å². The molecule has 0 radical (unpaired) electrons. The standard InChI is InChI=1S/C24H36FN3O5S/c1-17(2)23(24(30)27-19-7-4-3-5-8-19)28(16-20-9-6-14-33-20)22(29)15-26-34(31,32)21-12-10-18(25)11-13-21/h10-13,17,19-20,23,26H,3-9,14-16H2,1-2H3,(H,27,30)/t20-,23-/m1/s1. The molecule has 0 unspecified atom stereocenters. The van der Waals surface area contributed by atoms with Gasteiger partial charge in [0, 0.05) is 19.2 Å². The van der Waals surface area contributed by atoms with Crippen LogP contribution in [0.4, 0.5) is 4.39 Å². The molecule has 2 N–H and O–H groups in total. The van der Waals surface area contributed by atoms with Crippen LogP contribution in [-0.2, 0) is 24.3 Å². The van der Waals surface area contributed by atoms with Crippen LogP contribution in [0.25, 0.3) is 0 Å². The monoisotopic (exact) mass is 497 g/mol. The predicted molar refractivity (Wildman–Crippen MR) is 126 cm³/mol. The highest BCUT2D eigenvalue weighted by Crippen LogP contribution is 2.21. The molecule has 0 aromatic heterocycles. The normalized spacial score (nSPS) is 20.3. The Morgan fingerprint density at radius 3 is 2.35 bits per heavy atom. The summed E-state index contributed by atoms with van der Waals surface area (Å²) < 4.78 is 46.4. The molecule has 190 valence electrons. The van der Waals surface area contributed by atoms with Gasteiger partial charge in [-0.2, -0.15) is 0 Å². The number of amides is 2. The van der Waals surface area contributed by atoms with E-state index in [0.29, 0.717) is 6.61 Å². The van der Waals surface area contributed by atoms with Gasteiger partial charge >= 0.3 is 0 Å². The van der Waals surface area contributed by atoms with Gasteiger partial charge in [0.25, 0.3) is 0 Å². The fourth-order valence-corrected chi connectivity index (χ4v) is 5.65. The number of rotatable bonds is 10. The average molecular weight is 498 g/mol. The van der Waals surface area contributed by atoms with Crippen LogP contribution in [0.2, 0.25) is 0 Å². The lowest BCUT2D eigenvalue weighted by Crippen LogP contribution is -2.57. The van der Waals surface area contributed by atoms with Gasteiger partial charge in [0.05, 0.1) is 17.5 Å². The topological polar surface area (TPSA) is 105 Å². The van der Waals surface area contributed by atoms with Crippen molar-refractivity contribution >= 4 is 21.8 Å². The number of nitrogens with zero attached hydrogens (tertiary/aromatic N) is 1. The van der Waals surface area contributed by atoms with Gasteiger partial charge in [0.15, 0.2) is 0 Å². The summed E-state index contributed by atoms with van der Waals surface area (Å²) in [5.41, 5.74) is 0. The molecule has 1 aliphatic heterocycles. The molecule has 0 bridgehead atoms. The Labute approximate surface area is 201 Å². The number of benzene rings is 1. The summed E-state index contributed by atoms with van der Waals surface area (Å²) in [5, 5.41) is 3.12. The Bertz CT molecular complexity index is 926. The molecule has 2 aliphatic rings. The van der Waals surface area contributed by atoms with E-state index in [0.717, 1.165) is 69.2 Å². The van der Waals surface area contributed by atoms with Gasteiger partial charge in [-0.05, 0) is 55.9 Å². The largest absolute Gasteiger partial charge is 0.376 e. The number of carbonyl (C=O) groups is 2. The molecular formula is C24H36FN3O5S. The van der Waals surface area contributed by atoms with Crippen LogP contribution in [0.1, 0.15) is 58.8 Å². The van der Waals surface area contributed by atoms with Crippen LogP contribution in [0.15, 0.2) is 29.2 Å². The number of sulfonamides is 1. The predicted octanol–water partition coefficient (Wildman–Crippen LogP) is 2.59. The zero-order valence-electron chi connectivity index (χ0n) is 20.0. The number of nitrogens with one attached hydrogen (secondary N) is 2. The van der Waals surface area contributed by atoms with Crippen LogP contribution in [-0.4, -0.2) is 63.0 Å². The molecule has 1 aromatic carbocycles. The fraction of sp³-hybridized carbons (Fsp3) is 0.667. The number of hydrogen-bond donors (Lipinski definition) is 2. The summed E-state index contributed by atoms with van der Waals surface area (Å²) >= 11 is 0. The minimum absolute atomic E-state index is 0.0964. The Morgan fingerprint density at radius 2 is 1.76 bits per heavy atom. The van der Waals surface area contributed by atoms with Crippen molar-refractivity contribution in [3.05, 3.63) is 30.1 Å². The number of carbonyl (C=O) groups excluding carboxylic acids is 2. The molecule has 8 nitrogen and oxygen atoms in total. The maximum absolute atomic E-state index is 13.3. The first-order valence-corrected chi connectivity index (χ1v) is 13.6. The summed E-state index contributed by atoms with van der Waals surface area (Å²) in [6.07, 6.45) is 6.62. The molecule has 10 heteroatoms. The molecule has 3 rings (SSSR count). The third kappa shape index (κ3) is 7.23. The first kappa shape index (κ1) is 26.6. The van der Waals surface area contributed by atoms with E-state index in [1.54, 1.807) is 0 Å². The lowest BCUT2D eigenvalue weighted by atomic mass is 9.94. The van der Waals surface area contributed by atoms with E-state index < -0.39 is 34.3 Å². The van der Waals surface area contributed by atoms with Crippen molar-refractivity contribution in [3.63, 3.8) is 0 Å². The highest BCUT2D eigenvalue weighted by atomic mass is 32.2. The zero-order valence-corrected chi connectivity index (χ0v) is 20.8. The van der Waals surface area contributed by atoms with Crippen molar-refractivity contribution in [2.75, 3.05) is 19.7 Å². The van der Waals surface area contributed by atoms with Crippen molar-refractivity contribution < 1.29 is 27.1 Å². The van der Waals surface area contributed by atoms with Gasteiger partial charge in [-0.15, -0.1) is 0 Å². The summed E-state index contributed by atoms with van der Waals surface area (Å²) in [4.78, 5) is 27.9. The summed E-state index contributed by atoms with van der Waals surface area (Å²) in [7, 11) is -4.02. The minimum Gasteiger partial charge on any atom is -0.376 e. The third-order valence-electron chi connectivity index (χ3n) is 6.47. The molecule has 2 fully saturated rings. The van der Waals surface area contributed by atoms with Crippen LogP contribution in [0.3, 0.4) is 0 Å². The Hall–Kier alpha value is -2.04. The molecule has 2 amide bonds. The Balaban J connectivity index is 1.74. The van der Waals surface area contributed by atoms with Crippen LogP contribution < -0.4 is 10.0 Å². The number of hydrogen-bond acceptors (Lipinski definition) is 5. The molecule has 2 atom stereocenters. The third-order valence-corrected chi connectivity index (χ3v) is 7.89. The van der Waals surface area contributed by atoms with Gasteiger partial charge in [-0.25, -0.2) is 17.5 Å². The van der Waals surface area contributed by atoms with Crippen molar-refractivity contribution in [3.8, 4) is 0 Å². The van der Waals surface area contributed by atoms with Crippen LogP contribution in [0.5, 0.6) is 0 Å². The zero-order chi connectivity index (χ0) is 24.7. The first-order chi connectivity index (χ1) is 16.2. The molecule has 1 heterocycles. The average Bonchev–Trinajstić information content (AvgIpc) is 3.31. The van der Waals surface area contributed by atoms with E-state index in [1.807, 2.05) is 13.8 Å². The smallest absolute Gasteiger partial charge is 0.243 e. The second-order valence-electron chi connectivity index (χ2n) is 9.49. The number of ether oxygens (including phenoxy) is 1. The second-order valence-corrected chi connectivity index (χ2v) is 11.3. The van der Waals surface area contributed by atoms with Crippen molar-refractivity contribution in [2.24, 2.45) is 5.92 Å². The van der Waals surface area contributed by atoms with E-state index in [9.17, 15) is 22.4 Å². The van der Waals surface area contributed by atoms with E-state index in [4.69, 9.17) is 4.74 Å². The number of halogens is 1. The van der Waals surface area contributed by atoms with E-state index in [1.165, 1.54) is 4.90 Å². The Kier molecular flexibility index (Phi) is 9.44. The maximum Gasteiger partial charge on any atom is 0.243 e. The lowest BCUT2D eigenvalue weighted by Gasteiger charge is -2.36. The molecule has 1 aliphatic carbocycles. The summed E-state index contributed by atoms with van der Waals surface area (Å²) in [6.45, 7) is 4.07. The molecule has 0 spiro atoms. The van der Waals surface area contributed by atoms with Crippen LogP contribution in [0, 0.1) is 11.7 Å². The Morgan fingerprint density at radius 1 is 1.09 bits per heavy atom. The van der Waals surface area contributed by atoms with Gasteiger partial charge in [0.2, 0.25) is 21.8 Å². The molecule has 1 saturated heterocycles. The van der Waals surface area contributed by atoms with Gasteiger partial charge in [-0.1, -0.05) is 33.1 Å². The van der Waals surface area contributed by atoms with E-state index in [-0.39, 0.29) is 35.4 Å².